The molecule has 3 rings (SSSR count). The Morgan fingerprint density at radius 2 is 1.71 bits per heavy atom. The maximum absolute atomic E-state index is 13.4. The summed E-state index contributed by atoms with van der Waals surface area (Å²) in [4.78, 5) is 29.9. The van der Waals surface area contributed by atoms with E-state index in [9.17, 15) is 14.7 Å². The van der Waals surface area contributed by atoms with Gasteiger partial charge in [0.2, 0.25) is 0 Å². The Bertz CT molecular complexity index is 733. The van der Waals surface area contributed by atoms with Crippen LogP contribution in [0.3, 0.4) is 0 Å². The predicted octanol–water partition coefficient (Wildman–Crippen LogP) is 2.81. The average molecular weight is 386 g/mol. The van der Waals surface area contributed by atoms with Crippen LogP contribution in [0, 0.1) is 0 Å². The number of aliphatic hydroxyl groups is 1. The first-order valence-electron chi connectivity index (χ1n) is 10.3. The van der Waals surface area contributed by atoms with Crippen LogP contribution in [-0.4, -0.2) is 59.6 Å². The number of amides is 2. The molecule has 152 valence electrons. The number of rotatable bonds is 7. The largest absolute Gasteiger partial charge is 0.494 e. The molecular formula is C22H30N2O4. The lowest BCUT2D eigenvalue weighted by Gasteiger charge is -2.26. The fourth-order valence-corrected chi connectivity index (χ4v) is 4.14. The second kappa shape index (κ2) is 9.24. The SMILES string of the molecule is CCOc1ccc(C2=C(N(C)CCO)C(=O)N(C3CCCCCC3)C2=O)cc1. The predicted molar refractivity (Wildman–Crippen MR) is 108 cm³/mol. The monoisotopic (exact) mass is 386 g/mol. The fraction of sp³-hybridized carbons (Fsp3) is 0.545. The van der Waals surface area contributed by atoms with Crippen molar-refractivity contribution >= 4 is 17.4 Å². The van der Waals surface area contributed by atoms with Crippen molar-refractivity contribution < 1.29 is 19.4 Å². The van der Waals surface area contributed by atoms with Crippen molar-refractivity contribution in [2.45, 2.75) is 51.5 Å². The van der Waals surface area contributed by atoms with Gasteiger partial charge in [0.05, 0.1) is 18.8 Å². The Labute approximate surface area is 166 Å². The average Bonchev–Trinajstić information content (AvgIpc) is 2.85. The Balaban J connectivity index is 1.98. The third-order valence-corrected chi connectivity index (χ3v) is 5.55. The van der Waals surface area contributed by atoms with Crippen molar-refractivity contribution in [1.29, 1.82) is 0 Å². The van der Waals surface area contributed by atoms with Crippen molar-refractivity contribution in [3.05, 3.63) is 35.5 Å². The lowest BCUT2D eigenvalue weighted by Crippen LogP contribution is -2.42. The van der Waals surface area contributed by atoms with E-state index >= 15 is 0 Å². The van der Waals surface area contributed by atoms with Crippen LogP contribution in [0.15, 0.2) is 30.0 Å². The first kappa shape index (κ1) is 20.4. The maximum atomic E-state index is 13.4. The van der Waals surface area contributed by atoms with Crippen molar-refractivity contribution in [2.24, 2.45) is 0 Å². The Morgan fingerprint density at radius 3 is 2.29 bits per heavy atom. The molecule has 0 spiro atoms. The minimum absolute atomic E-state index is 0.0415. The Hall–Kier alpha value is -2.34. The third kappa shape index (κ3) is 4.07. The Morgan fingerprint density at radius 1 is 1.07 bits per heavy atom. The minimum Gasteiger partial charge on any atom is -0.494 e. The molecule has 1 fully saturated rings. The number of benzene rings is 1. The van der Waals surface area contributed by atoms with Gasteiger partial charge in [0.1, 0.15) is 11.4 Å². The molecule has 0 saturated heterocycles. The summed E-state index contributed by atoms with van der Waals surface area (Å²) in [6, 6.07) is 7.26. The van der Waals surface area contributed by atoms with Crippen molar-refractivity contribution in [1.82, 2.24) is 9.80 Å². The van der Waals surface area contributed by atoms with E-state index in [2.05, 4.69) is 0 Å². The number of hydrogen-bond donors (Lipinski definition) is 1. The summed E-state index contributed by atoms with van der Waals surface area (Å²) in [5.74, 6) is 0.270. The molecule has 28 heavy (non-hydrogen) atoms. The number of carbonyl (C=O) groups is 2. The zero-order valence-electron chi connectivity index (χ0n) is 16.8. The first-order valence-corrected chi connectivity index (χ1v) is 10.3. The van der Waals surface area contributed by atoms with Crippen LogP contribution in [-0.2, 0) is 9.59 Å². The van der Waals surface area contributed by atoms with Gasteiger partial charge in [-0.1, -0.05) is 37.8 Å². The molecule has 1 N–H and O–H groups in total. The van der Waals surface area contributed by atoms with Crippen LogP contribution in [0.25, 0.3) is 5.57 Å². The zero-order chi connectivity index (χ0) is 20.1. The lowest BCUT2D eigenvalue weighted by atomic mass is 10.0. The van der Waals surface area contributed by atoms with Crippen molar-refractivity contribution in [3.8, 4) is 5.75 Å². The lowest BCUT2D eigenvalue weighted by molar-refractivity contribution is -0.140. The molecule has 2 amide bonds. The van der Waals surface area contributed by atoms with E-state index in [1.165, 1.54) is 4.90 Å². The maximum Gasteiger partial charge on any atom is 0.278 e. The number of ether oxygens (including phenoxy) is 1. The summed E-state index contributed by atoms with van der Waals surface area (Å²) in [6.45, 7) is 2.70. The van der Waals surface area contributed by atoms with Crippen LogP contribution in [0.1, 0.15) is 51.0 Å². The standard InChI is InChI=1S/C22H30N2O4/c1-3-28-18-12-10-16(11-13-18)19-20(23(2)14-15-25)22(27)24(21(19)26)17-8-6-4-5-7-9-17/h10-13,17,25H,3-9,14-15H2,1-2H3. The highest BCUT2D eigenvalue weighted by atomic mass is 16.5. The van der Waals surface area contributed by atoms with Crippen LogP contribution in [0.2, 0.25) is 0 Å². The van der Waals surface area contributed by atoms with E-state index in [0.29, 0.717) is 30.0 Å². The quantitative estimate of drug-likeness (QED) is 0.576. The summed E-state index contributed by atoms with van der Waals surface area (Å²) in [7, 11) is 1.75. The van der Waals surface area contributed by atoms with Crippen LogP contribution in [0.5, 0.6) is 5.75 Å². The van der Waals surface area contributed by atoms with Gasteiger partial charge in [0.25, 0.3) is 11.8 Å². The number of imide groups is 1. The van der Waals surface area contributed by atoms with Gasteiger partial charge >= 0.3 is 0 Å². The number of likely N-dealkylation sites (N-methyl/N-ethyl adjacent to an activating group) is 1. The molecule has 1 heterocycles. The number of aliphatic hydroxyl groups excluding tert-OH is 1. The summed E-state index contributed by atoms with van der Waals surface area (Å²) >= 11 is 0. The molecule has 1 saturated carbocycles. The summed E-state index contributed by atoms with van der Waals surface area (Å²) in [6.07, 6.45) is 6.13. The zero-order valence-corrected chi connectivity index (χ0v) is 16.8. The van der Waals surface area contributed by atoms with Gasteiger partial charge in [-0.25, -0.2) is 0 Å². The van der Waals surface area contributed by atoms with E-state index in [1.54, 1.807) is 11.9 Å². The molecule has 0 radical (unpaired) electrons. The van der Waals surface area contributed by atoms with Gasteiger partial charge < -0.3 is 14.7 Å². The van der Waals surface area contributed by atoms with E-state index in [0.717, 1.165) is 44.3 Å². The van der Waals surface area contributed by atoms with E-state index in [4.69, 9.17) is 4.74 Å². The summed E-state index contributed by atoms with van der Waals surface area (Å²) < 4.78 is 5.49. The molecule has 6 heteroatoms. The highest BCUT2D eigenvalue weighted by Crippen LogP contribution is 2.35. The highest BCUT2D eigenvalue weighted by molar-refractivity contribution is 6.35. The first-order chi connectivity index (χ1) is 13.6. The van der Waals surface area contributed by atoms with Crippen molar-refractivity contribution in [2.75, 3.05) is 26.8 Å². The second-order valence-corrected chi connectivity index (χ2v) is 7.45. The summed E-state index contributed by atoms with van der Waals surface area (Å²) in [5, 5.41) is 9.36. The van der Waals surface area contributed by atoms with Gasteiger partial charge in [-0.15, -0.1) is 0 Å². The molecule has 0 bridgehead atoms. The van der Waals surface area contributed by atoms with Crippen LogP contribution < -0.4 is 4.74 Å². The molecule has 1 aliphatic heterocycles. The van der Waals surface area contributed by atoms with E-state index < -0.39 is 0 Å². The van der Waals surface area contributed by atoms with E-state index in [1.807, 2.05) is 31.2 Å². The molecule has 1 aromatic rings. The minimum atomic E-state index is -0.239. The number of hydrogen-bond acceptors (Lipinski definition) is 5. The second-order valence-electron chi connectivity index (χ2n) is 7.45. The van der Waals surface area contributed by atoms with Gasteiger partial charge in [-0.05, 0) is 37.5 Å². The normalized spacial score (nSPS) is 18.6. The highest BCUT2D eigenvalue weighted by Gasteiger charge is 2.43. The molecule has 1 aromatic carbocycles. The molecule has 0 aromatic heterocycles. The number of carbonyl (C=O) groups excluding carboxylic acids is 2. The van der Waals surface area contributed by atoms with Gasteiger partial charge in [-0.3, -0.25) is 14.5 Å². The smallest absolute Gasteiger partial charge is 0.278 e. The number of nitrogens with zero attached hydrogens (tertiary/aromatic N) is 2. The molecule has 6 nitrogen and oxygen atoms in total. The molecule has 1 aliphatic carbocycles. The molecule has 2 aliphatic rings. The molecular weight excluding hydrogens is 356 g/mol. The third-order valence-electron chi connectivity index (χ3n) is 5.55. The summed E-state index contributed by atoms with van der Waals surface area (Å²) in [5.41, 5.74) is 1.51. The Kier molecular flexibility index (Phi) is 6.73. The molecule has 0 unspecified atom stereocenters. The van der Waals surface area contributed by atoms with Gasteiger partial charge in [-0.2, -0.15) is 0 Å². The topological polar surface area (TPSA) is 70.1 Å². The van der Waals surface area contributed by atoms with Crippen molar-refractivity contribution in [3.63, 3.8) is 0 Å². The van der Waals surface area contributed by atoms with E-state index in [-0.39, 0.29) is 24.5 Å². The van der Waals surface area contributed by atoms with Gasteiger partial charge in [0.15, 0.2) is 0 Å². The van der Waals surface area contributed by atoms with Gasteiger partial charge in [0, 0.05) is 19.6 Å². The fourth-order valence-electron chi connectivity index (χ4n) is 4.14. The molecule has 0 atom stereocenters. The van der Waals surface area contributed by atoms with Crippen LogP contribution in [0.4, 0.5) is 0 Å². The van der Waals surface area contributed by atoms with Crippen LogP contribution >= 0.6 is 0 Å².